The second-order valence-electron chi connectivity index (χ2n) is 2.10. The van der Waals surface area contributed by atoms with Gasteiger partial charge in [0.2, 0.25) is 0 Å². The van der Waals surface area contributed by atoms with Gasteiger partial charge in [0, 0.05) is 18.3 Å². The molecule has 0 aliphatic carbocycles. The highest BCUT2D eigenvalue weighted by Gasteiger charge is 2.06. The van der Waals surface area contributed by atoms with Gasteiger partial charge >= 0.3 is 8.25 Å². The molecule has 0 amide bonds. The van der Waals surface area contributed by atoms with Gasteiger partial charge in [-0.3, -0.25) is 13.5 Å². The van der Waals surface area contributed by atoms with E-state index in [1.807, 2.05) is 0 Å². The van der Waals surface area contributed by atoms with Gasteiger partial charge in [-0.05, 0) is 0 Å². The molecule has 0 saturated heterocycles. The molecule has 0 heterocycles. The number of thioether (sulfide) groups is 1. The molecule has 74 valence electrons. The number of hydrogen-bond donors (Lipinski definition) is 2. The van der Waals surface area contributed by atoms with E-state index < -0.39 is 20.8 Å². The highest BCUT2D eigenvalue weighted by Crippen LogP contribution is 2.19. The van der Waals surface area contributed by atoms with E-state index in [1.54, 1.807) is 0 Å². The van der Waals surface area contributed by atoms with E-state index in [2.05, 4.69) is 4.52 Å². The molecule has 0 rings (SSSR count). The summed E-state index contributed by atoms with van der Waals surface area (Å²) in [5.74, 6) is 0.0482. The lowest BCUT2D eigenvalue weighted by Gasteiger charge is -2.07. The van der Waals surface area contributed by atoms with Crippen molar-refractivity contribution in [3.05, 3.63) is 0 Å². The molecule has 4 nitrogen and oxygen atoms in total. The number of hydrogen-bond acceptors (Lipinski definition) is 4. The summed E-state index contributed by atoms with van der Waals surface area (Å²) in [5, 5.41) is 8.54. The van der Waals surface area contributed by atoms with Crippen molar-refractivity contribution in [3.8, 4) is 0 Å². The van der Waals surface area contributed by atoms with Crippen LogP contribution < -0.4 is 0 Å². The van der Waals surface area contributed by atoms with Crippen LogP contribution in [0, 0.1) is 5.92 Å². The zero-order valence-corrected chi connectivity index (χ0v) is 8.22. The van der Waals surface area contributed by atoms with Crippen LogP contribution >= 0.6 is 20.0 Å². The summed E-state index contributed by atoms with van der Waals surface area (Å²) in [4.78, 5) is 8.22. The van der Waals surface area contributed by atoms with E-state index in [1.165, 1.54) is 11.8 Å². The normalized spacial score (nSPS) is 15.9. The Morgan fingerprint density at radius 3 is 2.75 bits per heavy atom. The molecule has 0 fully saturated rings. The molecule has 0 bridgehead atoms. The summed E-state index contributed by atoms with van der Waals surface area (Å²) < 4.78 is 26.3. The molecular formula is C5H12FO4PS. The molecule has 0 aromatic rings. The van der Waals surface area contributed by atoms with Crippen LogP contribution in [0.15, 0.2) is 0 Å². The SMILES string of the molecule is O=[PH](O)OCSCC(CO)CF. The maximum absolute atomic E-state index is 11.9. The Morgan fingerprint density at radius 2 is 2.33 bits per heavy atom. The van der Waals surface area contributed by atoms with Crippen molar-refractivity contribution in [2.75, 3.05) is 25.0 Å². The largest absolute Gasteiger partial charge is 0.396 e. The van der Waals surface area contributed by atoms with Crippen LogP contribution in [0.3, 0.4) is 0 Å². The lowest BCUT2D eigenvalue weighted by Crippen LogP contribution is -2.11. The number of rotatable bonds is 7. The summed E-state index contributed by atoms with van der Waals surface area (Å²) in [5.41, 5.74) is 0. The Kier molecular flexibility index (Phi) is 8.27. The van der Waals surface area contributed by atoms with Crippen molar-refractivity contribution in [2.24, 2.45) is 5.92 Å². The average molecular weight is 218 g/mol. The molecule has 2 atom stereocenters. The van der Waals surface area contributed by atoms with Crippen molar-refractivity contribution >= 4 is 20.0 Å². The standard InChI is InChI=1S/C5H12FO4PS/c6-1-5(2-7)3-12-4-10-11(8)9/h5,7,11H,1-4H2,(H,8,9). The third-order valence-electron chi connectivity index (χ3n) is 1.10. The van der Waals surface area contributed by atoms with E-state index in [0.717, 1.165) is 0 Å². The van der Waals surface area contributed by atoms with Crippen molar-refractivity contribution < 1.29 is 23.5 Å². The predicted molar refractivity (Wildman–Crippen MR) is 46.2 cm³/mol. The van der Waals surface area contributed by atoms with Gasteiger partial charge in [0.15, 0.2) is 0 Å². The summed E-state index contributed by atoms with van der Waals surface area (Å²) in [7, 11) is -2.87. The summed E-state index contributed by atoms with van der Waals surface area (Å²) in [6.07, 6.45) is 0. The zero-order chi connectivity index (χ0) is 9.40. The maximum atomic E-state index is 11.9. The quantitative estimate of drug-likeness (QED) is 0.373. The van der Waals surface area contributed by atoms with E-state index in [0.29, 0.717) is 5.75 Å². The Labute approximate surface area is 75.1 Å². The lowest BCUT2D eigenvalue weighted by atomic mass is 10.2. The lowest BCUT2D eigenvalue weighted by molar-refractivity contribution is 0.212. The van der Waals surface area contributed by atoms with Crippen molar-refractivity contribution in [3.63, 3.8) is 0 Å². The Bertz CT molecular complexity index is 133. The summed E-state index contributed by atoms with van der Waals surface area (Å²) >= 11 is 1.18. The van der Waals surface area contributed by atoms with E-state index >= 15 is 0 Å². The molecule has 0 aliphatic heterocycles. The molecule has 2 unspecified atom stereocenters. The van der Waals surface area contributed by atoms with Gasteiger partial charge in [-0.25, -0.2) is 0 Å². The van der Waals surface area contributed by atoms with Gasteiger partial charge in [-0.1, -0.05) is 0 Å². The number of alkyl halides is 1. The second-order valence-corrected chi connectivity index (χ2v) is 3.90. The van der Waals surface area contributed by atoms with Gasteiger partial charge in [-0.2, -0.15) is 0 Å². The number of aliphatic hydroxyl groups is 1. The topological polar surface area (TPSA) is 66.8 Å². The smallest absolute Gasteiger partial charge is 0.317 e. The van der Waals surface area contributed by atoms with Crippen LogP contribution in [-0.2, 0) is 9.09 Å². The number of aliphatic hydroxyl groups excluding tert-OH is 1. The first-order valence-corrected chi connectivity index (χ1v) is 5.72. The van der Waals surface area contributed by atoms with Gasteiger partial charge < -0.3 is 10.00 Å². The maximum Gasteiger partial charge on any atom is 0.317 e. The Morgan fingerprint density at radius 1 is 1.67 bits per heavy atom. The zero-order valence-electron chi connectivity index (χ0n) is 6.40. The predicted octanol–water partition coefficient (Wildman–Crippen LogP) is 0.654. The van der Waals surface area contributed by atoms with Crippen molar-refractivity contribution in [1.29, 1.82) is 0 Å². The summed E-state index contributed by atoms with van der Waals surface area (Å²) in [6.45, 7) is -0.796. The van der Waals surface area contributed by atoms with Crippen LogP contribution in [0.25, 0.3) is 0 Å². The Hall–Kier alpha value is 0.390. The Balaban J connectivity index is 3.23. The molecule has 0 aromatic heterocycles. The van der Waals surface area contributed by atoms with Gasteiger partial charge in [0.05, 0.1) is 6.67 Å². The molecule has 0 spiro atoms. The molecule has 2 N–H and O–H groups in total. The molecular weight excluding hydrogens is 206 g/mol. The monoisotopic (exact) mass is 218 g/mol. The molecule has 0 aliphatic rings. The first kappa shape index (κ1) is 12.4. The minimum atomic E-state index is -2.87. The molecule has 0 aromatic carbocycles. The van der Waals surface area contributed by atoms with Crippen LogP contribution in [0.2, 0.25) is 0 Å². The molecule has 12 heavy (non-hydrogen) atoms. The fraction of sp³-hybridized carbons (Fsp3) is 1.00. The van der Waals surface area contributed by atoms with Gasteiger partial charge in [-0.15, -0.1) is 11.8 Å². The first-order valence-electron chi connectivity index (χ1n) is 3.31. The fourth-order valence-electron chi connectivity index (χ4n) is 0.453. The molecule has 0 saturated carbocycles. The third-order valence-corrected chi connectivity index (χ3v) is 2.69. The minimum Gasteiger partial charge on any atom is -0.396 e. The highest BCUT2D eigenvalue weighted by molar-refractivity contribution is 7.99. The molecule has 0 radical (unpaired) electrons. The summed E-state index contributed by atoms with van der Waals surface area (Å²) in [6, 6.07) is 0. The van der Waals surface area contributed by atoms with Crippen LogP contribution in [0.4, 0.5) is 4.39 Å². The van der Waals surface area contributed by atoms with Crippen molar-refractivity contribution in [2.45, 2.75) is 0 Å². The van der Waals surface area contributed by atoms with Crippen LogP contribution in [-0.4, -0.2) is 35.0 Å². The highest BCUT2D eigenvalue weighted by atomic mass is 32.2. The van der Waals surface area contributed by atoms with Gasteiger partial charge in [0.1, 0.15) is 5.94 Å². The second kappa shape index (κ2) is 8.01. The minimum absolute atomic E-state index is 0.0603. The first-order chi connectivity index (χ1) is 5.70. The van der Waals surface area contributed by atoms with E-state index in [4.69, 9.17) is 10.00 Å². The molecule has 7 heteroatoms. The average Bonchev–Trinajstić information content (AvgIpc) is 2.04. The van der Waals surface area contributed by atoms with E-state index in [-0.39, 0.29) is 12.5 Å². The van der Waals surface area contributed by atoms with Crippen LogP contribution in [0.1, 0.15) is 0 Å². The van der Waals surface area contributed by atoms with Crippen molar-refractivity contribution in [1.82, 2.24) is 0 Å². The van der Waals surface area contributed by atoms with Gasteiger partial charge in [0.25, 0.3) is 0 Å². The fourth-order valence-corrected chi connectivity index (χ4v) is 1.81. The van der Waals surface area contributed by atoms with E-state index in [9.17, 15) is 8.96 Å². The third kappa shape index (κ3) is 7.06. The number of halogens is 1. The van der Waals surface area contributed by atoms with Crippen LogP contribution in [0.5, 0.6) is 0 Å².